The smallest absolute Gasteiger partial charge is 0.173 e. The van der Waals surface area contributed by atoms with Crippen molar-refractivity contribution in [2.24, 2.45) is 0 Å². The maximum absolute atomic E-state index is 14.1. The highest BCUT2D eigenvalue weighted by atomic mass is 32.1. The average Bonchev–Trinajstić information content (AvgIpc) is 3.17. The highest BCUT2D eigenvalue weighted by Crippen LogP contribution is 2.27. The molecule has 2 aromatic rings. The SMILES string of the molecule is CCOc1ccc(NC(=S)N(Cc2ccccc2F)C2CCCC2)cc1. The Morgan fingerprint density at radius 1 is 1.15 bits per heavy atom. The summed E-state index contributed by atoms with van der Waals surface area (Å²) < 4.78 is 19.6. The van der Waals surface area contributed by atoms with Crippen LogP contribution in [0.2, 0.25) is 0 Å². The van der Waals surface area contributed by atoms with E-state index in [9.17, 15) is 4.39 Å². The second-order valence-electron chi connectivity index (χ2n) is 6.55. The number of hydrogen-bond acceptors (Lipinski definition) is 2. The molecule has 0 spiro atoms. The molecule has 3 nitrogen and oxygen atoms in total. The molecule has 3 rings (SSSR count). The Bertz CT molecular complexity index is 729. The lowest BCUT2D eigenvalue weighted by Gasteiger charge is -2.32. The summed E-state index contributed by atoms with van der Waals surface area (Å²) in [4.78, 5) is 2.14. The van der Waals surface area contributed by atoms with Crippen LogP contribution in [0.25, 0.3) is 0 Å². The van der Waals surface area contributed by atoms with Crippen molar-refractivity contribution in [3.63, 3.8) is 0 Å². The van der Waals surface area contributed by atoms with Gasteiger partial charge in [-0.2, -0.15) is 0 Å². The fourth-order valence-corrected chi connectivity index (χ4v) is 3.72. The van der Waals surface area contributed by atoms with Crippen LogP contribution in [0.4, 0.5) is 10.1 Å². The Balaban J connectivity index is 1.73. The molecule has 138 valence electrons. The number of nitrogens with one attached hydrogen (secondary N) is 1. The number of thiocarbonyl (C=S) groups is 1. The molecule has 0 unspecified atom stereocenters. The first-order valence-corrected chi connectivity index (χ1v) is 9.62. The number of rotatable bonds is 6. The lowest BCUT2D eigenvalue weighted by molar-refractivity contribution is 0.308. The molecule has 1 N–H and O–H groups in total. The van der Waals surface area contributed by atoms with Gasteiger partial charge in [-0.1, -0.05) is 31.0 Å². The predicted octanol–water partition coefficient (Wildman–Crippen LogP) is 5.37. The zero-order valence-electron chi connectivity index (χ0n) is 15.1. The van der Waals surface area contributed by atoms with E-state index in [0.717, 1.165) is 24.3 Å². The normalized spacial score (nSPS) is 14.2. The van der Waals surface area contributed by atoms with Gasteiger partial charge in [0.1, 0.15) is 11.6 Å². The van der Waals surface area contributed by atoms with Crippen LogP contribution < -0.4 is 10.1 Å². The average molecular weight is 373 g/mol. The predicted molar refractivity (Wildman–Crippen MR) is 108 cm³/mol. The molecule has 1 aliphatic carbocycles. The van der Waals surface area contributed by atoms with Gasteiger partial charge in [-0.05, 0) is 62.3 Å². The van der Waals surface area contributed by atoms with Crippen molar-refractivity contribution in [3.8, 4) is 5.75 Å². The van der Waals surface area contributed by atoms with Crippen LogP contribution >= 0.6 is 12.2 Å². The first-order chi connectivity index (χ1) is 12.7. The summed E-state index contributed by atoms with van der Waals surface area (Å²) in [5.74, 6) is 0.655. The molecule has 0 aliphatic heterocycles. The molecule has 0 amide bonds. The summed E-state index contributed by atoms with van der Waals surface area (Å²) in [5, 5.41) is 3.95. The van der Waals surface area contributed by atoms with Gasteiger partial charge >= 0.3 is 0 Å². The minimum Gasteiger partial charge on any atom is -0.494 e. The number of ether oxygens (including phenoxy) is 1. The molecular weight excluding hydrogens is 347 g/mol. The second-order valence-corrected chi connectivity index (χ2v) is 6.93. The molecule has 0 aromatic heterocycles. The zero-order valence-corrected chi connectivity index (χ0v) is 15.9. The number of benzene rings is 2. The minimum absolute atomic E-state index is 0.181. The molecule has 0 atom stereocenters. The summed E-state index contributed by atoms with van der Waals surface area (Å²) in [6.45, 7) is 3.09. The Labute approximate surface area is 160 Å². The summed E-state index contributed by atoms with van der Waals surface area (Å²) in [6.07, 6.45) is 4.59. The second kappa shape index (κ2) is 8.99. The van der Waals surface area contributed by atoms with Crippen LogP contribution in [-0.2, 0) is 6.54 Å². The van der Waals surface area contributed by atoms with Crippen LogP contribution in [-0.4, -0.2) is 22.7 Å². The van der Waals surface area contributed by atoms with E-state index in [1.807, 2.05) is 43.3 Å². The number of nitrogens with zero attached hydrogens (tertiary/aromatic N) is 1. The molecule has 1 saturated carbocycles. The maximum Gasteiger partial charge on any atom is 0.173 e. The Morgan fingerprint density at radius 2 is 1.85 bits per heavy atom. The Hall–Kier alpha value is -2.14. The third-order valence-corrected chi connectivity index (χ3v) is 5.08. The molecule has 0 bridgehead atoms. The standard InChI is InChI=1S/C21H25FN2OS/c1-2-25-19-13-11-17(12-14-19)23-21(26)24(18-8-4-5-9-18)15-16-7-3-6-10-20(16)22/h3,6-7,10-14,18H,2,4-5,8-9,15H2,1H3,(H,23,26). The van der Waals surface area contributed by atoms with E-state index < -0.39 is 0 Å². The summed E-state index contributed by atoms with van der Waals surface area (Å²) in [5.41, 5.74) is 1.59. The quantitative estimate of drug-likeness (QED) is 0.689. The van der Waals surface area contributed by atoms with Gasteiger partial charge in [-0.25, -0.2) is 4.39 Å². The van der Waals surface area contributed by atoms with Gasteiger partial charge < -0.3 is 15.0 Å². The monoisotopic (exact) mass is 372 g/mol. The maximum atomic E-state index is 14.1. The molecule has 5 heteroatoms. The largest absolute Gasteiger partial charge is 0.494 e. The van der Waals surface area contributed by atoms with Crippen molar-refractivity contribution in [2.45, 2.75) is 45.2 Å². The van der Waals surface area contributed by atoms with Crippen LogP contribution in [0, 0.1) is 5.82 Å². The third-order valence-electron chi connectivity index (χ3n) is 4.74. The fourth-order valence-electron chi connectivity index (χ4n) is 3.39. The molecule has 1 fully saturated rings. The van der Waals surface area contributed by atoms with E-state index in [1.54, 1.807) is 6.07 Å². The van der Waals surface area contributed by atoms with Gasteiger partial charge in [0.2, 0.25) is 0 Å². The topological polar surface area (TPSA) is 24.5 Å². The molecule has 26 heavy (non-hydrogen) atoms. The van der Waals surface area contributed by atoms with Crippen molar-refractivity contribution in [1.82, 2.24) is 4.90 Å². The van der Waals surface area contributed by atoms with Crippen molar-refractivity contribution < 1.29 is 9.13 Å². The van der Waals surface area contributed by atoms with Gasteiger partial charge in [0.05, 0.1) is 6.61 Å². The van der Waals surface area contributed by atoms with Crippen molar-refractivity contribution >= 4 is 23.0 Å². The van der Waals surface area contributed by atoms with Gasteiger partial charge in [0.25, 0.3) is 0 Å². The first-order valence-electron chi connectivity index (χ1n) is 9.21. The third kappa shape index (κ3) is 4.73. The highest BCUT2D eigenvalue weighted by molar-refractivity contribution is 7.80. The minimum atomic E-state index is -0.181. The van der Waals surface area contributed by atoms with Crippen LogP contribution in [0.1, 0.15) is 38.2 Å². The number of hydrogen-bond donors (Lipinski definition) is 1. The number of halogens is 1. The van der Waals surface area contributed by atoms with Crippen molar-refractivity contribution in [2.75, 3.05) is 11.9 Å². The van der Waals surface area contributed by atoms with E-state index in [4.69, 9.17) is 17.0 Å². The molecule has 0 radical (unpaired) electrons. The molecule has 0 saturated heterocycles. The van der Waals surface area contributed by atoms with Crippen molar-refractivity contribution in [1.29, 1.82) is 0 Å². The van der Waals surface area contributed by atoms with Crippen molar-refractivity contribution in [3.05, 3.63) is 59.9 Å². The molecule has 2 aromatic carbocycles. The molecule has 0 heterocycles. The first kappa shape index (κ1) is 18.6. The summed E-state index contributed by atoms with van der Waals surface area (Å²) in [6, 6.07) is 15.0. The fraction of sp³-hybridized carbons (Fsp3) is 0.381. The van der Waals surface area contributed by atoms with E-state index in [-0.39, 0.29) is 5.82 Å². The van der Waals surface area contributed by atoms with E-state index in [1.165, 1.54) is 18.9 Å². The zero-order chi connectivity index (χ0) is 18.4. The van der Waals surface area contributed by atoms with Crippen LogP contribution in [0.5, 0.6) is 5.75 Å². The van der Waals surface area contributed by atoms with E-state index >= 15 is 0 Å². The van der Waals surface area contributed by atoms with Crippen LogP contribution in [0.3, 0.4) is 0 Å². The summed E-state index contributed by atoms with van der Waals surface area (Å²) in [7, 11) is 0. The van der Waals surface area contributed by atoms with Gasteiger partial charge in [-0.3, -0.25) is 0 Å². The van der Waals surface area contributed by atoms with Gasteiger partial charge in [0.15, 0.2) is 5.11 Å². The lowest BCUT2D eigenvalue weighted by atomic mass is 10.1. The number of anilines is 1. The van der Waals surface area contributed by atoms with E-state index in [0.29, 0.717) is 29.9 Å². The van der Waals surface area contributed by atoms with Gasteiger partial charge in [-0.15, -0.1) is 0 Å². The Kier molecular flexibility index (Phi) is 6.45. The van der Waals surface area contributed by atoms with Gasteiger partial charge in [0, 0.05) is 23.8 Å². The summed E-state index contributed by atoms with van der Waals surface area (Å²) >= 11 is 5.68. The molecule has 1 aliphatic rings. The molecular formula is C21H25FN2OS. The van der Waals surface area contributed by atoms with E-state index in [2.05, 4.69) is 10.2 Å². The van der Waals surface area contributed by atoms with Crippen LogP contribution in [0.15, 0.2) is 48.5 Å². The highest BCUT2D eigenvalue weighted by Gasteiger charge is 2.25. The lowest BCUT2D eigenvalue weighted by Crippen LogP contribution is -2.41. The Morgan fingerprint density at radius 3 is 2.50 bits per heavy atom.